The molecule has 108 valence electrons. The maximum Gasteiger partial charge on any atom is 0.124 e. The van der Waals surface area contributed by atoms with Crippen molar-refractivity contribution in [3.8, 4) is 11.5 Å². The van der Waals surface area contributed by atoms with Crippen LogP contribution in [-0.4, -0.2) is 28.2 Å². The van der Waals surface area contributed by atoms with Gasteiger partial charge in [0.2, 0.25) is 0 Å². The summed E-state index contributed by atoms with van der Waals surface area (Å²) in [7, 11) is 0. The van der Waals surface area contributed by atoms with Crippen LogP contribution >= 0.6 is 0 Å². The summed E-state index contributed by atoms with van der Waals surface area (Å²) in [5, 5.41) is 19.9. The molecule has 0 radical (unpaired) electrons. The molecule has 1 unspecified atom stereocenters. The molecule has 2 N–H and O–H groups in total. The monoisotopic (exact) mass is 265 g/mol. The van der Waals surface area contributed by atoms with Crippen LogP contribution in [0.3, 0.4) is 0 Å². The van der Waals surface area contributed by atoms with Gasteiger partial charge in [0.1, 0.15) is 11.5 Å². The van der Waals surface area contributed by atoms with E-state index in [0.29, 0.717) is 5.56 Å². The van der Waals surface area contributed by atoms with Crippen molar-refractivity contribution in [1.29, 1.82) is 0 Å². The molecular weight excluding hydrogens is 238 g/mol. The highest BCUT2D eigenvalue weighted by Crippen LogP contribution is 2.35. The lowest BCUT2D eigenvalue weighted by Gasteiger charge is -2.30. The molecule has 1 aromatic carbocycles. The van der Waals surface area contributed by atoms with E-state index >= 15 is 0 Å². The van der Waals surface area contributed by atoms with Crippen molar-refractivity contribution in [2.24, 2.45) is 0 Å². The molecule has 3 nitrogen and oxygen atoms in total. The van der Waals surface area contributed by atoms with Crippen LogP contribution in [0, 0.1) is 0 Å². The summed E-state index contributed by atoms with van der Waals surface area (Å²) in [6, 6.07) is 5.00. The fraction of sp³-hybridized carbons (Fsp3) is 0.625. The van der Waals surface area contributed by atoms with Gasteiger partial charge in [0.05, 0.1) is 5.56 Å². The molecule has 1 rings (SSSR count). The van der Waals surface area contributed by atoms with Gasteiger partial charge in [-0.15, -0.1) is 0 Å². The Labute approximate surface area is 116 Å². The van der Waals surface area contributed by atoms with Gasteiger partial charge in [0.15, 0.2) is 0 Å². The minimum atomic E-state index is 0.0410. The van der Waals surface area contributed by atoms with Gasteiger partial charge in [-0.2, -0.15) is 0 Å². The molecule has 0 aliphatic rings. The number of phenolic OH excluding ortho intramolecular Hbond substituents is 2. The lowest BCUT2D eigenvalue weighted by Crippen LogP contribution is -2.29. The quantitative estimate of drug-likeness (QED) is 0.745. The molecule has 1 atom stereocenters. The van der Waals surface area contributed by atoms with Crippen LogP contribution in [0.15, 0.2) is 18.2 Å². The third-order valence-corrected chi connectivity index (χ3v) is 3.62. The molecule has 0 bridgehead atoms. The second kappa shape index (κ2) is 8.05. The highest BCUT2D eigenvalue weighted by atomic mass is 16.3. The highest BCUT2D eigenvalue weighted by Gasteiger charge is 2.20. The van der Waals surface area contributed by atoms with Crippen molar-refractivity contribution in [3.05, 3.63) is 23.8 Å². The Morgan fingerprint density at radius 2 is 1.47 bits per heavy atom. The average Bonchev–Trinajstić information content (AvgIpc) is 2.38. The van der Waals surface area contributed by atoms with Crippen LogP contribution in [0.5, 0.6) is 11.5 Å². The van der Waals surface area contributed by atoms with Crippen LogP contribution < -0.4 is 0 Å². The number of nitrogens with zero attached hydrogens (tertiary/aromatic N) is 1. The molecule has 0 amide bonds. The first-order valence-corrected chi connectivity index (χ1v) is 7.36. The second-order valence-electron chi connectivity index (χ2n) is 5.13. The molecule has 3 heteroatoms. The van der Waals surface area contributed by atoms with Crippen LogP contribution in [0.25, 0.3) is 0 Å². The van der Waals surface area contributed by atoms with Crippen LogP contribution in [0.4, 0.5) is 0 Å². The zero-order valence-electron chi connectivity index (χ0n) is 12.4. The van der Waals surface area contributed by atoms with E-state index < -0.39 is 0 Å². The Kier molecular flexibility index (Phi) is 6.71. The van der Waals surface area contributed by atoms with Crippen molar-refractivity contribution in [2.75, 3.05) is 13.1 Å². The zero-order valence-corrected chi connectivity index (χ0v) is 12.4. The Bertz CT molecular complexity index is 351. The van der Waals surface area contributed by atoms with Crippen LogP contribution in [-0.2, 0) is 0 Å². The summed E-state index contributed by atoms with van der Waals surface area (Å²) in [6.07, 6.45) is 4.59. The lowest BCUT2D eigenvalue weighted by atomic mass is 10.0. The maximum atomic E-state index is 9.97. The Morgan fingerprint density at radius 1 is 1.00 bits per heavy atom. The topological polar surface area (TPSA) is 43.7 Å². The minimum absolute atomic E-state index is 0.0410. The predicted molar refractivity (Wildman–Crippen MR) is 79.6 cm³/mol. The van der Waals surface area contributed by atoms with Crippen molar-refractivity contribution >= 4 is 0 Å². The molecule has 0 spiro atoms. The van der Waals surface area contributed by atoms with Gasteiger partial charge >= 0.3 is 0 Å². The molecule has 0 heterocycles. The minimum Gasteiger partial charge on any atom is -0.507 e. The normalized spacial score (nSPS) is 12.8. The summed E-state index contributed by atoms with van der Waals surface area (Å²) in [5.74, 6) is 0.371. The van der Waals surface area contributed by atoms with Crippen molar-refractivity contribution in [1.82, 2.24) is 4.90 Å². The molecular formula is C16H27NO2. The molecule has 0 fully saturated rings. The van der Waals surface area contributed by atoms with E-state index in [2.05, 4.69) is 25.7 Å². The fourth-order valence-electron chi connectivity index (χ4n) is 2.37. The maximum absolute atomic E-state index is 9.97. The number of hydrogen-bond donors (Lipinski definition) is 2. The van der Waals surface area contributed by atoms with Gasteiger partial charge in [-0.1, -0.05) is 32.8 Å². The summed E-state index contributed by atoms with van der Waals surface area (Å²) < 4.78 is 0. The van der Waals surface area contributed by atoms with Crippen LogP contribution in [0.1, 0.15) is 58.1 Å². The summed E-state index contributed by atoms with van der Waals surface area (Å²) in [4.78, 5) is 2.35. The lowest BCUT2D eigenvalue weighted by molar-refractivity contribution is 0.197. The average molecular weight is 265 g/mol. The first-order valence-electron chi connectivity index (χ1n) is 7.36. The Morgan fingerprint density at radius 3 is 1.89 bits per heavy atom. The number of benzene rings is 1. The van der Waals surface area contributed by atoms with Crippen LogP contribution in [0.2, 0.25) is 0 Å². The van der Waals surface area contributed by atoms with Crippen molar-refractivity contribution < 1.29 is 10.2 Å². The van der Waals surface area contributed by atoms with E-state index in [1.807, 2.05) is 0 Å². The van der Waals surface area contributed by atoms with Gasteiger partial charge in [-0.25, -0.2) is 0 Å². The second-order valence-corrected chi connectivity index (χ2v) is 5.13. The Balaban J connectivity index is 2.87. The van der Waals surface area contributed by atoms with E-state index in [-0.39, 0.29) is 17.5 Å². The molecule has 19 heavy (non-hydrogen) atoms. The molecule has 0 saturated carbocycles. The molecule has 0 aliphatic carbocycles. The number of aromatic hydroxyl groups is 2. The molecule has 0 aromatic heterocycles. The highest BCUT2D eigenvalue weighted by molar-refractivity contribution is 5.44. The fourth-order valence-corrected chi connectivity index (χ4v) is 2.37. The van der Waals surface area contributed by atoms with E-state index in [1.54, 1.807) is 18.2 Å². The third-order valence-electron chi connectivity index (χ3n) is 3.62. The molecule has 0 saturated heterocycles. The van der Waals surface area contributed by atoms with Gasteiger partial charge in [-0.3, -0.25) is 4.90 Å². The van der Waals surface area contributed by atoms with Gasteiger partial charge in [-0.05, 0) is 45.0 Å². The third kappa shape index (κ3) is 4.43. The van der Waals surface area contributed by atoms with E-state index in [4.69, 9.17) is 0 Å². The van der Waals surface area contributed by atoms with E-state index in [9.17, 15) is 10.2 Å². The number of unbranched alkanes of at least 4 members (excludes halogenated alkanes) is 2. The van der Waals surface area contributed by atoms with Crippen molar-refractivity contribution in [3.63, 3.8) is 0 Å². The first-order chi connectivity index (χ1) is 9.11. The SMILES string of the molecule is CCCCN(CCCC)C(C)c1c(O)cccc1O. The first kappa shape index (κ1) is 15.8. The number of rotatable bonds is 8. The number of hydrogen-bond acceptors (Lipinski definition) is 3. The molecule has 1 aromatic rings. The van der Waals surface area contributed by atoms with Crippen molar-refractivity contribution in [2.45, 2.75) is 52.5 Å². The Hall–Kier alpha value is -1.22. The largest absolute Gasteiger partial charge is 0.507 e. The van der Waals surface area contributed by atoms with E-state index in [0.717, 1.165) is 38.8 Å². The number of phenols is 2. The summed E-state index contributed by atoms with van der Waals surface area (Å²) >= 11 is 0. The van der Waals surface area contributed by atoms with Gasteiger partial charge in [0.25, 0.3) is 0 Å². The molecule has 0 aliphatic heterocycles. The standard InChI is InChI=1S/C16H27NO2/c1-4-6-11-17(12-7-5-2)13(3)16-14(18)9-8-10-15(16)19/h8-10,13,18-19H,4-7,11-12H2,1-3H3. The van der Waals surface area contributed by atoms with Gasteiger partial charge < -0.3 is 10.2 Å². The van der Waals surface area contributed by atoms with E-state index in [1.165, 1.54) is 0 Å². The summed E-state index contributed by atoms with van der Waals surface area (Å²) in [6.45, 7) is 8.43. The zero-order chi connectivity index (χ0) is 14.3. The summed E-state index contributed by atoms with van der Waals surface area (Å²) in [5.41, 5.74) is 0.648. The predicted octanol–water partition coefficient (Wildman–Crippen LogP) is 4.06. The van der Waals surface area contributed by atoms with Gasteiger partial charge in [0, 0.05) is 6.04 Å². The smallest absolute Gasteiger partial charge is 0.124 e.